The van der Waals surface area contributed by atoms with Crippen LogP contribution in [0.4, 0.5) is 0 Å². The number of carboxylic acid groups (broad SMARTS) is 1. The number of carbonyl (C=O) groups is 2. The highest BCUT2D eigenvalue weighted by molar-refractivity contribution is 5.86. The quantitative estimate of drug-likeness (QED) is 0.499. The first-order valence-electron chi connectivity index (χ1n) is 7.17. The van der Waals surface area contributed by atoms with Gasteiger partial charge >= 0.3 is 5.97 Å². The molecule has 0 spiro atoms. The molecule has 0 radical (unpaired) electrons. The highest BCUT2D eigenvalue weighted by Crippen LogP contribution is 2.12. The molecule has 0 fully saturated rings. The molecule has 1 amide bonds. The highest BCUT2D eigenvalue weighted by atomic mass is 16.4. The molecule has 4 atom stereocenters. The third-order valence-electron chi connectivity index (χ3n) is 3.59. The predicted molar refractivity (Wildman–Crippen MR) is 77.1 cm³/mol. The first kappa shape index (κ1) is 18.9. The van der Waals surface area contributed by atoms with Gasteiger partial charge in [-0.15, -0.1) is 0 Å². The van der Waals surface area contributed by atoms with Crippen molar-refractivity contribution in [2.45, 2.75) is 65.1 Å². The van der Waals surface area contributed by atoms with Crippen LogP contribution in [-0.4, -0.2) is 40.3 Å². The Morgan fingerprint density at radius 2 is 1.75 bits per heavy atom. The molecule has 0 aliphatic rings. The zero-order valence-corrected chi connectivity index (χ0v) is 12.8. The van der Waals surface area contributed by atoms with Gasteiger partial charge in [0.15, 0.2) is 0 Å². The van der Waals surface area contributed by atoms with Crippen molar-refractivity contribution >= 4 is 11.9 Å². The Balaban J connectivity index is 4.42. The summed E-state index contributed by atoms with van der Waals surface area (Å²) in [5, 5.41) is 21.2. The molecule has 6 nitrogen and oxygen atoms in total. The zero-order chi connectivity index (χ0) is 15.9. The number of nitrogens with two attached hydrogens (primary N) is 1. The van der Waals surface area contributed by atoms with Crippen molar-refractivity contribution in [3.8, 4) is 0 Å². The van der Waals surface area contributed by atoms with Crippen molar-refractivity contribution in [2.75, 3.05) is 0 Å². The normalized spacial score (nSPS) is 17.4. The van der Waals surface area contributed by atoms with E-state index in [1.807, 2.05) is 0 Å². The lowest BCUT2D eigenvalue weighted by molar-refractivity contribution is -0.145. The van der Waals surface area contributed by atoms with Crippen LogP contribution in [0, 0.1) is 11.8 Å². The fourth-order valence-corrected chi connectivity index (χ4v) is 1.79. The van der Waals surface area contributed by atoms with Crippen molar-refractivity contribution < 1.29 is 19.8 Å². The number of nitrogens with one attached hydrogen (secondary N) is 1. The van der Waals surface area contributed by atoms with Gasteiger partial charge in [0.1, 0.15) is 12.1 Å². The fraction of sp³-hybridized carbons (Fsp3) is 0.857. The maximum atomic E-state index is 11.8. The minimum Gasteiger partial charge on any atom is -0.480 e. The Hall–Kier alpha value is -1.14. The van der Waals surface area contributed by atoms with Gasteiger partial charge in [0, 0.05) is 6.04 Å². The van der Waals surface area contributed by atoms with Crippen LogP contribution in [0.15, 0.2) is 0 Å². The van der Waals surface area contributed by atoms with Gasteiger partial charge in [0.05, 0.1) is 0 Å². The second kappa shape index (κ2) is 8.92. The predicted octanol–water partition coefficient (Wildman–Crippen LogP) is 0.726. The van der Waals surface area contributed by atoms with Crippen LogP contribution in [0.3, 0.4) is 0 Å². The number of hydrogen-bond donors (Lipinski definition) is 4. The minimum absolute atomic E-state index is 0.264. The van der Waals surface area contributed by atoms with Gasteiger partial charge in [-0.1, -0.05) is 34.1 Å². The van der Waals surface area contributed by atoms with Gasteiger partial charge in [0.25, 0.3) is 5.91 Å². The summed E-state index contributed by atoms with van der Waals surface area (Å²) in [5.74, 6) is -1.62. The lowest BCUT2D eigenvalue weighted by atomic mass is 9.96. The number of aliphatic carboxylic acids is 1. The molecule has 20 heavy (non-hydrogen) atoms. The van der Waals surface area contributed by atoms with Crippen LogP contribution in [0.5, 0.6) is 0 Å². The average molecular weight is 288 g/mol. The number of aliphatic hydroxyl groups is 1. The molecule has 0 aromatic rings. The van der Waals surface area contributed by atoms with Gasteiger partial charge in [-0.05, 0) is 24.7 Å². The molecule has 0 aromatic heterocycles. The molecule has 6 heteroatoms. The van der Waals surface area contributed by atoms with E-state index >= 15 is 0 Å². The first-order valence-corrected chi connectivity index (χ1v) is 7.17. The number of carbonyl (C=O) groups excluding carboxylic acids is 1. The summed E-state index contributed by atoms with van der Waals surface area (Å²) in [6.45, 7) is 7.53. The Kier molecular flexibility index (Phi) is 8.41. The van der Waals surface area contributed by atoms with Crippen LogP contribution in [-0.2, 0) is 9.59 Å². The van der Waals surface area contributed by atoms with E-state index in [0.717, 1.165) is 12.8 Å². The van der Waals surface area contributed by atoms with Crippen LogP contribution < -0.4 is 11.1 Å². The van der Waals surface area contributed by atoms with E-state index in [1.165, 1.54) is 0 Å². The van der Waals surface area contributed by atoms with Gasteiger partial charge in [-0.25, -0.2) is 4.79 Å². The molecule has 0 aromatic carbocycles. The average Bonchev–Trinajstić information content (AvgIpc) is 2.39. The van der Waals surface area contributed by atoms with Gasteiger partial charge in [-0.3, -0.25) is 4.79 Å². The molecular formula is C14H28N2O4. The lowest BCUT2D eigenvalue weighted by Gasteiger charge is -2.23. The van der Waals surface area contributed by atoms with Crippen molar-refractivity contribution in [1.29, 1.82) is 0 Å². The smallest absolute Gasteiger partial charge is 0.326 e. The maximum Gasteiger partial charge on any atom is 0.326 e. The van der Waals surface area contributed by atoms with Crippen molar-refractivity contribution in [2.24, 2.45) is 17.6 Å². The largest absolute Gasteiger partial charge is 0.480 e. The number of carboxylic acids is 1. The molecule has 5 N–H and O–H groups in total. The monoisotopic (exact) mass is 288 g/mol. The Morgan fingerprint density at radius 1 is 1.20 bits per heavy atom. The summed E-state index contributed by atoms with van der Waals surface area (Å²) in [6, 6.07) is -1.69. The van der Waals surface area contributed by atoms with E-state index in [2.05, 4.69) is 19.2 Å². The minimum atomic E-state index is -1.38. The second-order valence-electron chi connectivity index (χ2n) is 5.77. The molecule has 0 bridgehead atoms. The molecule has 0 unspecified atom stereocenters. The number of hydrogen-bond acceptors (Lipinski definition) is 4. The molecular weight excluding hydrogens is 260 g/mol. The summed E-state index contributed by atoms with van der Waals surface area (Å²) in [6.07, 6.45) is 1.00. The Labute approximate surface area is 120 Å². The van der Waals surface area contributed by atoms with Crippen molar-refractivity contribution in [1.82, 2.24) is 5.32 Å². The van der Waals surface area contributed by atoms with Crippen molar-refractivity contribution in [3.63, 3.8) is 0 Å². The molecule has 0 rings (SSSR count). The summed E-state index contributed by atoms with van der Waals surface area (Å²) in [5.41, 5.74) is 5.79. The second-order valence-corrected chi connectivity index (χ2v) is 5.77. The number of rotatable bonds is 9. The van der Waals surface area contributed by atoms with Gasteiger partial charge in [0.2, 0.25) is 0 Å². The molecule has 0 aliphatic heterocycles. The van der Waals surface area contributed by atoms with E-state index in [0.29, 0.717) is 12.3 Å². The molecule has 0 aliphatic carbocycles. The third-order valence-corrected chi connectivity index (χ3v) is 3.59. The summed E-state index contributed by atoms with van der Waals surface area (Å²) in [7, 11) is 0. The van der Waals surface area contributed by atoms with Gasteiger partial charge < -0.3 is 21.3 Å². The van der Waals surface area contributed by atoms with Crippen molar-refractivity contribution in [3.05, 3.63) is 0 Å². The van der Waals surface area contributed by atoms with Gasteiger partial charge in [-0.2, -0.15) is 0 Å². The fourth-order valence-electron chi connectivity index (χ4n) is 1.79. The summed E-state index contributed by atoms with van der Waals surface area (Å²) in [4.78, 5) is 22.8. The van der Waals surface area contributed by atoms with E-state index in [4.69, 9.17) is 10.8 Å². The lowest BCUT2D eigenvalue weighted by Crippen LogP contribution is -2.52. The maximum absolute atomic E-state index is 11.8. The van der Waals surface area contributed by atoms with E-state index < -0.39 is 30.1 Å². The first-order chi connectivity index (χ1) is 9.20. The summed E-state index contributed by atoms with van der Waals surface area (Å²) < 4.78 is 0. The zero-order valence-electron chi connectivity index (χ0n) is 12.8. The standard InChI is InChI=1S/C14H28N2O4/c1-5-9(4)6-7-10(15)12(17)13(18)16-11(8(2)3)14(19)20/h8-12,17H,5-7,15H2,1-4H3,(H,16,18)(H,19,20)/t9-,10+,11-,12-/m0/s1. The molecule has 0 saturated heterocycles. The van der Waals surface area contributed by atoms with Crippen LogP contribution in [0.25, 0.3) is 0 Å². The Morgan fingerprint density at radius 3 is 2.15 bits per heavy atom. The molecule has 0 heterocycles. The van der Waals surface area contributed by atoms with E-state index in [1.54, 1.807) is 13.8 Å². The van der Waals surface area contributed by atoms with E-state index in [9.17, 15) is 14.7 Å². The van der Waals surface area contributed by atoms with Crippen LogP contribution in [0.1, 0.15) is 47.0 Å². The highest BCUT2D eigenvalue weighted by Gasteiger charge is 2.29. The Bertz CT molecular complexity index is 320. The van der Waals surface area contributed by atoms with E-state index in [-0.39, 0.29) is 5.92 Å². The molecule has 118 valence electrons. The van der Waals surface area contributed by atoms with Crippen LogP contribution >= 0.6 is 0 Å². The number of aliphatic hydroxyl groups excluding tert-OH is 1. The molecule has 0 saturated carbocycles. The topological polar surface area (TPSA) is 113 Å². The summed E-state index contributed by atoms with van der Waals surface area (Å²) >= 11 is 0. The number of amides is 1. The van der Waals surface area contributed by atoms with Crippen LogP contribution in [0.2, 0.25) is 0 Å². The third kappa shape index (κ3) is 6.34. The SMILES string of the molecule is CC[C@H](C)CC[C@@H](N)[C@H](O)C(=O)N[C@H](C(=O)O)C(C)C.